The lowest BCUT2D eigenvalue weighted by atomic mass is 9.90. The summed E-state index contributed by atoms with van der Waals surface area (Å²) < 4.78 is 11.0. The summed E-state index contributed by atoms with van der Waals surface area (Å²) >= 11 is 0. The van der Waals surface area contributed by atoms with Gasteiger partial charge in [-0.25, -0.2) is 4.98 Å². The lowest BCUT2D eigenvalue weighted by Gasteiger charge is -2.16. The molecule has 0 amide bonds. The van der Waals surface area contributed by atoms with E-state index in [4.69, 9.17) is 9.47 Å². The normalized spacial score (nSPS) is 13.7. The molecule has 0 aliphatic heterocycles. The molecule has 3 rings (SSSR count). The van der Waals surface area contributed by atoms with E-state index in [1.165, 1.54) is 0 Å². The van der Waals surface area contributed by atoms with Gasteiger partial charge in [0, 0.05) is 18.2 Å². The maximum atomic E-state index is 11.8. The summed E-state index contributed by atoms with van der Waals surface area (Å²) in [5, 5.41) is 0. The molecule has 0 saturated heterocycles. The Labute approximate surface area is 123 Å². The van der Waals surface area contributed by atoms with Crippen LogP contribution in [-0.4, -0.2) is 17.9 Å². The first-order valence-corrected chi connectivity index (χ1v) is 7.05. The fraction of sp³-hybridized carbons (Fsp3) is 0.294. The van der Waals surface area contributed by atoms with Crippen molar-refractivity contribution in [2.75, 3.05) is 7.11 Å². The van der Waals surface area contributed by atoms with Crippen LogP contribution in [0, 0.1) is 0 Å². The molecule has 0 spiro atoms. The Morgan fingerprint density at radius 1 is 1.24 bits per heavy atom. The summed E-state index contributed by atoms with van der Waals surface area (Å²) in [5.41, 5.74) is 2.82. The number of aromatic nitrogens is 1. The average Bonchev–Trinajstić information content (AvgIpc) is 2.53. The van der Waals surface area contributed by atoms with Crippen LogP contribution in [0.25, 0.3) is 0 Å². The maximum Gasteiger partial charge on any atom is 0.219 e. The molecular formula is C17H17NO3. The molecule has 4 nitrogen and oxygen atoms in total. The van der Waals surface area contributed by atoms with Gasteiger partial charge < -0.3 is 9.47 Å². The van der Waals surface area contributed by atoms with Gasteiger partial charge in [0.1, 0.15) is 12.4 Å². The van der Waals surface area contributed by atoms with Crippen molar-refractivity contribution in [1.29, 1.82) is 0 Å². The third-order valence-electron chi connectivity index (χ3n) is 3.66. The minimum atomic E-state index is 0.233. The second-order valence-corrected chi connectivity index (χ2v) is 5.06. The van der Waals surface area contributed by atoms with Crippen LogP contribution in [0.3, 0.4) is 0 Å². The first-order valence-electron chi connectivity index (χ1n) is 7.05. The number of pyridine rings is 1. The van der Waals surface area contributed by atoms with E-state index in [1.807, 2.05) is 30.3 Å². The second kappa shape index (κ2) is 5.95. The van der Waals surface area contributed by atoms with Crippen molar-refractivity contribution in [2.24, 2.45) is 0 Å². The van der Waals surface area contributed by atoms with Crippen molar-refractivity contribution in [2.45, 2.75) is 25.9 Å². The van der Waals surface area contributed by atoms with Crippen LogP contribution in [0.2, 0.25) is 0 Å². The van der Waals surface area contributed by atoms with Gasteiger partial charge in [0.05, 0.1) is 12.7 Å². The third-order valence-corrected chi connectivity index (χ3v) is 3.66. The smallest absolute Gasteiger partial charge is 0.219 e. The van der Waals surface area contributed by atoms with Crippen molar-refractivity contribution in [3.05, 3.63) is 53.2 Å². The summed E-state index contributed by atoms with van der Waals surface area (Å²) in [6, 6.07) is 9.47. The Bertz CT molecular complexity index is 667. The van der Waals surface area contributed by atoms with Crippen molar-refractivity contribution in [3.63, 3.8) is 0 Å². The second-order valence-electron chi connectivity index (χ2n) is 5.06. The van der Waals surface area contributed by atoms with Gasteiger partial charge in [-0.2, -0.15) is 0 Å². The predicted octanol–water partition coefficient (Wildman–Crippen LogP) is 3.19. The van der Waals surface area contributed by atoms with Crippen LogP contribution < -0.4 is 9.47 Å². The molecule has 0 N–H and O–H groups in total. The molecule has 4 heteroatoms. The van der Waals surface area contributed by atoms with Crippen molar-refractivity contribution < 1.29 is 14.3 Å². The summed E-state index contributed by atoms with van der Waals surface area (Å²) in [6.45, 7) is 0.393. The lowest BCUT2D eigenvalue weighted by molar-refractivity contribution is 0.0972. The minimum absolute atomic E-state index is 0.233. The molecule has 1 aliphatic carbocycles. The molecule has 0 radical (unpaired) electrons. The highest BCUT2D eigenvalue weighted by atomic mass is 16.5. The van der Waals surface area contributed by atoms with E-state index in [0.717, 1.165) is 35.3 Å². The summed E-state index contributed by atoms with van der Waals surface area (Å²) in [7, 11) is 1.59. The molecule has 1 aliphatic rings. The molecule has 1 heterocycles. The van der Waals surface area contributed by atoms with Crippen LogP contribution in [0.1, 0.15) is 34.3 Å². The number of ketones is 1. The molecule has 1 aromatic carbocycles. The van der Waals surface area contributed by atoms with Gasteiger partial charge in [0.2, 0.25) is 5.88 Å². The maximum absolute atomic E-state index is 11.8. The molecule has 0 fully saturated rings. The van der Waals surface area contributed by atoms with E-state index in [0.29, 0.717) is 18.9 Å². The molecule has 0 unspecified atom stereocenters. The Balaban J connectivity index is 1.75. The molecule has 108 valence electrons. The third kappa shape index (κ3) is 2.89. The summed E-state index contributed by atoms with van der Waals surface area (Å²) in [4.78, 5) is 15.9. The van der Waals surface area contributed by atoms with Crippen molar-refractivity contribution >= 4 is 5.78 Å². The monoisotopic (exact) mass is 283 g/mol. The van der Waals surface area contributed by atoms with Gasteiger partial charge in [0.25, 0.3) is 0 Å². The topological polar surface area (TPSA) is 48.4 Å². The zero-order valence-electron chi connectivity index (χ0n) is 12.0. The number of benzene rings is 1. The average molecular weight is 283 g/mol. The number of aryl methyl sites for hydroxylation is 1. The Morgan fingerprint density at radius 3 is 3.00 bits per heavy atom. The SMILES string of the molecule is COc1ncccc1COc1ccc2c(c1)CCCC2=O. The van der Waals surface area contributed by atoms with Gasteiger partial charge in [-0.3, -0.25) is 4.79 Å². The van der Waals surface area contributed by atoms with Gasteiger partial charge in [0.15, 0.2) is 5.78 Å². The molecule has 0 bridgehead atoms. The number of hydrogen-bond acceptors (Lipinski definition) is 4. The minimum Gasteiger partial charge on any atom is -0.489 e. The van der Waals surface area contributed by atoms with E-state index in [9.17, 15) is 4.79 Å². The predicted molar refractivity (Wildman–Crippen MR) is 78.8 cm³/mol. The number of fused-ring (bicyclic) bond motifs is 1. The number of Topliss-reactive ketones (excluding diaryl/α,β-unsaturated/α-hetero) is 1. The zero-order valence-corrected chi connectivity index (χ0v) is 12.0. The van der Waals surface area contributed by atoms with Crippen LogP contribution in [-0.2, 0) is 13.0 Å². The van der Waals surface area contributed by atoms with Gasteiger partial charge >= 0.3 is 0 Å². The fourth-order valence-electron chi connectivity index (χ4n) is 2.59. The number of rotatable bonds is 4. The van der Waals surface area contributed by atoms with Crippen LogP contribution in [0.5, 0.6) is 11.6 Å². The van der Waals surface area contributed by atoms with Gasteiger partial charge in [-0.05, 0) is 48.7 Å². The fourth-order valence-corrected chi connectivity index (χ4v) is 2.59. The zero-order chi connectivity index (χ0) is 14.7. The number of ether oxygens (including phenoxy) is 2. The van der Waals surface area contributed by atoms with E-state index in [1.54, 1.807) is 13.3 Å². The first-order chi connectivity index (χ1) is 10.3. The standard InChI is InChI=1S/C17H17NO3/c1-20-17-13(5-3-9-18-17)11-21-14-7-8-15-12(10-14)4-2-6-16(15)19/h3,5,7-10H,2,4,6,11H2,1H3. The number of carbonyl (C=O) groups is 1. The summed E-state index contributed by atoms with van der Waals surface area (Å²) in [6.07, 6.45) is 4.20. The van der Waals surface area contributed by atoms with E-state index < -0.39 is 0 Å². The van der Waals surface area contributed by atoms with Crippen LogP contribution >= 0.6 is 0 Å². The van der Waals surface area contributed by atoms with E-state index in [2.05, 4.69) is 4.98 Å². The largest absolute Gasteiger partial charge is 0.489 e. The number of carbonyl (C=O) groups excluding carboxylic acids is 1. The quantitative estimate of drug-likeness (QED) is 0.864. The van der Waals surface area contributed by atoms with Crippen LogP contribution in [0.15, 0.2) is 36.5 Å². The first kappa shape index (κ1) is 13.6. The number of methoxy groups -OCH3 is 1. The molecule has 0 atom stereocenters. The number of hydrogen-bond donors (Lipinski definition) is 0. The highest BCUT2D eigenvalue weighted by Gasteiger charge is 2.17. The summed E-state index contributed by atoms with van der Waals surface area (Å²) in [5.74, 6) is 1.58. The number of nitrogens with zero attached hydrogens (tertiary/aromatic N) is 1. The highest BCUT2D eigenvalue weighted by molar-refractivity contribution is 5.98. The van der Waals surface area contributed by atoms with E-state index in [-0.39, 0.29) is 5.78 Å². The Kier molecular flexibility index (Phi) is 3.86. The van der Waals surface area contributed by atoms with Crippen molar-refractivity contribution in [1.82, 2.24) is 4.98 Å². The lowest BCUT2D eigenvalue weighted by Crippen LogP contribution is -2.10. The molecule has 21 heavy (non-hydrogen) atoms. The molecule has 1 aromatic heterocycles. The van der Waals surface area contributed by atoms with E-state index >= 15 is 0 Å². The Morgan fingerprint density at radius 2 is 2.14 bits per heavy atom. The van der Waals surface area contributed by atoms with Gasteiger partial charge in [-0.1, -0.05) is 0 Å². The Hall–Kier alpha value is -2.36. The van der Waals surface area contributed by atoms with Crippen molar-refractivity contribution in [3.8, 4) is 11.6 Å². The van der Waals surface area contributed by atoms with Gasteiger partial charge in [-0.15, -0.1) is 0 Å². The molecular weight excluding hydrogens is 266 g/mol. The highest BCUT2D eigenvalue weighted by Crippen LogP contribution is 2.26. The molecule has 2 aromatic rings. The molecule has 0 saturated carbocycles. The van der Waals surface area contributed by atoms with Crippen LogP contribution in [0.4, 0.5) is 0 Å².